The van der Waals surface area contributed by atoms with E-state index in [0.717, 1.165) is 16.8 Å². The van der Waals surface area contributed by atoms with Gasteiger partial charge in [-0.3, -0.25) is 0 Å². The molecular weight excluding hydrogens is 289 g/mol. The predicted octanol–water partition coefficient (Wildman–Crippen LogP) is 3.85. The molecule has 1 heterocycles. The van der Waals surface area contributed by atoms with E-state index in [1.54, 1.807) is 0 Å². The molecule has 0 spiro atoms. The highest BCUT2D eigenvalue weighted by molar-refractivity contribution is 7.09. The molecular formula is C13H13F3N2OS. The van der Waals surface area contributed by atoms with Crippen molar-refractivity contribution in [3.05, 3.63) is 40.1 Å². The zero-order valence-corrected chi connectivity index (χ0v) is 11.5. The van der Waals surface area contributed by atoms with E-state index in [0.29, 0.717) is 12.2 Å². The number of halogens is 3. The predicted molar refractivity (Wildman–Crippen MR) is 72.1 cm³/mol. The molecule has 108 valence electrons. The van der Waals surface area contributed by atoms with Crippen LogP contribution in [0.1, 0.15) is 10.7 Å². The number of anilines is 1. The molecule has 2 rings (SSSR count). The number of aromatic nitrogens is 1. The molecule has 1 aromatic carbocycles. The van der Waals surface area contributed by atoms with Gasteiger partial charge in [0.25, 0.3) is 6.43 Å². The fourth-order valence-corrected chi connectivity index (χ4v) is 2.28. The summed E-state index contributed by atoms with van der Waals surface area (Å²) >= 11 is 1.49. The summed E-state index contributed by atoms with van der Waals surface area (Å²) in [6, 6.07) is 3.78. The van der Waals surface area contributed by atoms with Crippen molar-refractivity contribution >= 4 is 17.0 Å². The summed E-state index contributed by atoms with van der Waals surface area (Å²) in [5.74, 6) is -0.469. The SMILES string of the molecule is Cc1csc(CNc2ccc(F)cc2OCC(F)F)n1. The summed E-state index contributed by atoms with van der Waals surface area (Å²) < 4.78 is 42.4. The van der Waals surface area contributed by atoms with Crippen LogP contribution in [0.2, 0.25) is 0 Å². The second-order valence-corrected chi connectivity index (χ2v) is 5.02. The van der Waals surface area contributed by atoms with Crippen LogP contribution in [0.3, 0.4) is 0 Å². The first-order chi connectivity index (χ1) is 9.54. The molecule has 0 aliphatic rings. The van der Waals surface area contributed by atoms with Crippen LogP contribution in [-0.4, -0.2) is 18.0 Å². The first kappa shape index (κ1) is 14.6. The van der Waals surface area contributed by atoms with E-state index in [1.807, 2.05) is 12.3 Å². The van der Waals surface area contributed by atoms with Gasteiger partial charge in [-0.1, -0.05) is 0 Å². The number of aryl methyl sites for hydroxylation is 1. The first-order valence-electron chi connectivity index (χ1n) is 5.90. The molecule has 1 N–H and O–H groups in total. The van der Waals surface area contributed by atoms with Crippen LogP contribution in [0.25, 0.3) is 0 Å². The molecule has 1 aromatic heterocycles. The number of nitrogens with one attached hydrogen (secondary N) is 1. The lowest BCUT2D eigenvalue weighted by Gasteiger charge is -2.12. The number of hydrogen-bond acceptors (Lipinski definition) is 4. The molecule has 0 fully saturated rings. The lowest BCUT2D eigenvalue weighted by molar-refractivity contribution is 0.0821. The summed E-state index contributed by atoms with van der Waals surface area (Å²) in [5.41, 5.74) is 1.37. The minimum atomic E-state index is -2.60. The van der Waals surface area contributed by atoms with Gasteiger partial charge in [-0.2, -0.15) is 0 Å². The third-order valence-electron chi connectivity index (χ3n) is 2.41. The Bertz CT molecular complexity index is 574. The van der Waals surface area contributed by atoms with Crippen molar-refractivity contribution < 1.29 is 17.9 Å². The van der Waals surface area contributed by atoms with Crippen molar-refractivity contribution in [1.29, 1.82) is 0 Å². The van der Waals surface area contributed by atoms with Crippen LogP contribution >= 0.6 is 11.3 Å². The summed E-state index contributed by atoms with van der Waals surface area (Å²) in [4.78, 5) is 4.27. The molecule has 0 aliphatic heterocycles. The van der Waals surface area contributed by atoms with E-state index in [1.165, 1.54) is 23.5 Å². The van der Waals surface area contributed by atoms with Crippen LogP contribution in [0.5, 0.6) is 5.75 Å². The second kappa shape index (κ2) is 6.60. The fraction of sp³-hybridized carbons (Fsp3) is 0.308. The summed E-state index contributed by atoms with van der Waals surface area (Å²) in [5, 5.41) is 5.77. The Morgan fingerprint density at radius 1 is 1.40 bits per heavy atom. The van der Waals surface area contributed by atoms with Gasteiger partial charge in [0, 0.05) is 17.1 Å². The Morgan fingerprint density at radius 3 is 2.85 bits per heavy atom. The summed E-state index contributed by atoms with van der Waals surface area (Å²) in [6.07, 6.45) is -2.60. The van der Waals surface area contributed by atoms with Gasteiger partial charge in [0.1, 0.15) is 23.2 Å². The maximum atomic E-state index is 13.1. The van der Waals surface area contributed by atoms with Gasteiger partial charge >= 0.3 is 0 Å². The molecule has 0 amide bonds. The minimum Gasteiger partial charge on any atom is -0.485 e. The van der Waals surface area contributed by atoms with Gasteiger partial charge in [-0.25, -0.2) is 18.2 Å². The van der Waals surface area contributed by atoms with Crippen molar-refractivity contribution in [2.24, 2.45) is 0 Å². The topological polar surface area (TPSA) is 34.1 Å². The summed E-state index contributed by atoms with van der Waals surface area (Å²) in [6.45, 7) is 1.54. The molecule has 0 bridgehead atoms. The Kier molecular flexibility index (Phi) is 4.84. The first-order valence-corrected chi connectivity index (χ1v) is 6.78. The smallest absolute Gasteiger partial charge is 0.272 e. The van der Waals surface area contributed by atoms with Gasteiger partial charge in [0.15, 0.2) is 0 Å². The van der Waals surface area contributed by atoms with Crippen molar-refractivity contribution in [1.82, 2.24) is 4.98 Å². The Hall–Kier alpha value is -1.76. The largest absolute Gasteiger partial charge is 0.485 e. The fourth-order valence-electron chi connectivity index (χ4n) is 1.57. The number of ether oxygens (including phenoxy) is 1. The monoisotopic (exact) mass is 302 g/mol. The maximum Gasteiger partial charge on any atom is 0.272 e. The molecule has 0 atom stereocenters. The van der Waals surface area contributed by atoms with Crippen LogP contribution in [0, 0.1) is 12.7 Å². The highest BCUT2D eigenvalue weighted by Gasteiger charge is 2.10. The van der Waals surface area contributed by atoms with E-state index in [2.05, 4.69) is 10.3 Å². The maximum absolute atomic E-state index is 13.1. The van der Waals surface area contributed by atoms with Gasteiger partial charge in [0.2, 0.25) is 0 Å². The zero-order chi connectivity index (χ0) is 14.5. The Morgan fingerprint density at radius 2 is 2.20 bits per heavy atom. The normalized spacial score (nSPS) is 10.8. The van der Waals surface area contributed by atoms with Gasteiger partial charge < -0.3 is 10.1 Å². The molecule has 2 aromatic rings. The lowest BCUT2D eigenvalue weighted by Crippen LogP contribution is -2.09. The van der Waals surface area contributed by atoms with Crippen molar-refractivity contribution in [3.63, 3.8) is 0 Å². The van der Waals surface area contributed by atoms with Crippen molar-refractivity contribution in [3.8, 4) is 5.75 Å². The van der Waals surface area contributed by atoms with Crippen molar-refractivity contribution in [2.75, 3.05) is 11.9 Å². The van der Waals surface area contributed by atoms with Crippen molar-refractivity contribution in [2.45, 2.75) is 19.9 Å². The number of benzene rings is 1. The van der Waals surface area contributed by atoms with Crippen LogP contribution in [0.4, 0.5) is 18.9 Å². The van der Waals surface area contributed by atoms with E-state index < -0.39 is 18.8 Å². The quantitative estimate of drug-likeness (QED) is 0.880. The van der Waals surface area contributed by atoms with Gasteiger partial charge in [-0.05, 0) is 19.1 Å². The van der Waals surface area contributed by atoms with E-state index in [-0.39, 0.29) is 5.75 Å². The zero-order valence-electron chi connectivity index (χ0n) is 10.7. The summed E-state index contributed by atoms with van der Waals surface area (Å²) in [7, 11) is 0. The number of nitrogens with zero attached hydrogens (tertiary/aromatic N) is 1. The van der Waals surface area contributed by atoms with Crippen LogP contribution in [0.15, 0.2) is 23.6 Å². The standard InChI is InChI=1S/C13H13F3N2OS/c1-8-7-20-13(18-8)5-17-10-3-2-9(14)4-11(10)19-6-12(15)16/h2-4,7,12,17H,5-6H2,1H3. The molecule has 0 saturated heterocycles. The number of hydrogen-bond donors (Lipinski definition) is 1. The molecule has 0 radical (unpaired) electrons. The lowest BCUT2D eigenvalue weighted by atomic mass is 10.3. The molecule has 0 aliphatic carbocycles. The Labute approximate surface area is 118 Å². The Balaban J connectivity index is 2.05. The average molecular weight is 302 g/mol. The minimum absolute atomic E-state index is 0.0681. The third kappa shape index (κ3) is 4.12. The molecule has 0 unspecified atom stereocenters. The molecule has 3 nitrogen and oxygen atoms in total. The highest BCUT2D eigenvalue weighted by atomic mass is 32.1. The van der Waals surface area contributed by atoms with Gasteiger partial charge in [-0.15, -0.1) is 11.3 Å². The highest BCUT2D eigenvalue weighted by Crippen LogP contribution is 2.26. The average Bonchev–Trinajstić information content (AvgIpc) is 2.81. The molecule has 7 heteroatoms. The third-order valence-corrected chi connectivity index (χ3v) is 3.37. The van der Waals surface area contributed by atoms with E-state index >= 15 is 0 Å². The molecule has 20 heavy (non-hydrogen) atoms. The van der Waals surface area contributed by atoms with Crippen LogP contribution < -0.4 is 10.1 Å². The second-order valence-electron chi connectivity index (χ2n) is 4.08. The molecule has 0 saturated carbocycles. The van der Waals surface area contributed by atoms with Crippen LogP contribution in [-0.2, 0) is 6.54 Å². The van der Waals surface area contributed by atoms with E-state index in [9.17, 15) is 13.2 Å². The number of alkyl halides is 2. The van der Waals surface area contributed by atoms with E-state index in [4.69, 9.17) is 4.74 Å². The number of thiazole rings is 1. The number of rotatable bonds is 6. The van der Waals surface area contributed by atoms with Gasteiger partial charge in [0.05, 0.1) is 12.2 Å².